The van der Waals surface area contributed by atoms with Gasteiger partial charge in [0, 0.05) is 0 Å². The first-order valence-corrected chi connectivity index (χ1v) is 9.92. The maximum Gasteiger partial charge on any atom is 0.305 e. The van der Waals surface area contributed by atoms with Gasteiger partial charge in [-0.15, -0.1) is 23.1 Å². The highest BCUT2D eigenvalue weighted by Gasteiger charge is 2.21. The fraction of sp³-hybridized carbons (Fsp3) is 0.438. The Kier molecular flexibility index (Phi) is 5.58. The number of hydrogen-bond acceptors (Lipinski definition) is 8. The minimum Gasteiger partial charge on any atom is -0.289 e. The molecule has 0 aromatic carbocycles. The van der Waals surface area contributed by atoms with Crippen LogP contribution in [0.15, 0.2) is 14.9 Å². The average Bonchev–Trinajstić information content (AvgIpc) is 3.08. The van der Waals surface area contributed by atoms with Gasteiger partial charge >= 0.3 is 5.88 Å². The summed E-state index contributed by atoms with van der Waals surface area (Å²) < 4.78 is 6.29. The molecule has 8 nitrogen and oxygen atoms in total. The minimum absolute atomic E-state index is 0.204. The molecule has 2 aromatic heterocycles. The third-order valence-electron chi connectivity index (χ3n) is 4.01. The summed E-state index contributed by atoms with van der Waals surface area (Å²) in [6.45, 7) is 0. The molecule has 2 aromatic rings. The van der Waals surface area contributed by atoms with Crippen molar-refractivity contribution in [1.82, 2.24) is 5.27 Å². The molecule has 3 rings (SSSR count). The molecule has 1 amide bonds. The van der Waals surface area contributed by atoms with Crippen LogP contribution in [-0.4, -0.2) is 31.0 Å². The van der Waals surface area contributed by atoms with E-state index in [-0.39, 0.29) is 22.2 Å². The Morgan fingerprint density at radius 3 is 2.88 bits per heavy atom. The summed E-state index contributed by atoms with van der Waals surface area (Å²) in [5.74, 6) is 0.275. The topological polar surface area (TPSA) is 110 Å². The van der Waals surface area contributed by atoms with Crippen LogP contribution in [-0.2, 0) is 17.6 Å². The standard InChI is InChI=1S/C16H18N6O2S2/c1-21(2)22-8-14(24-20-22)19-13(23)9-25-16-11-6-4-3-5-10(11)12(7-17)15(18)26-16/h8,18H,3-6,9H2,1-2H3/p+1. The first kappa shape index (κ1) is 18.4. The van der Waals surface area contributed by atoms with E-state index >= 15 is 0 Å². The van der Waals surface area contributed by atoms with E-state index in [2.05, 4.69) is 16.7 Å². The quantitative estimate of drug-likeness (QED) is 0.585. The number of carbonyl (C=O) groups excluding carboxylic acids is 1. The molecular formula is C16H19N6O2S2+. The molecule has 0 aliphatic heterocycles. The van der Waals surface area contributed by atoms with Crippen molar-refractivity contribution >= 4 is 34.9 Å². The van der Waals surface area contributed by atoms with Crippen molar-refractivity contribution in [1.29, 1.82) is 10.7 Å². The molecule has 26 heavy (non-hydrogen) atoms. The minimum atomic E-state index is -0.204. The Morgan fingerprint density at radius 1 is 1.50 bits per heavy atom. The Labute approximate surface area is 158 Å². The van der Waals surface area contributed by atoms with Gasteiger partial charge in [-0.25, -0.2) is 0 Å². The monoisotopic (exact) mass is 391 g/mol. The van der Waals surface area contributed by atoms with Crippen LogP contribution in [0.2, 0.25) is 0 Å². The molecule has 136 valence electrons. The predicted octanol–water partition coefficient (Wildman–Crippen LogP) is 1.18. The summed E-state index contributed by atoms with van der Waals surface area (Å²) in [7, 11) is 3.61. The van der Waals surface area contributed by atoms with Crippen molar-refractivity contribution in [2.45, 2.75) is 29.9 Å². The molecule has 2 heterocycles. The van der Waals surface area contributed by atoms with Crippen LogP contribution >= 0.6 is 23.1 Å². The normalized spacial score (nSPS) is 13.0. The van der Waals surface area contributed by atoms with E-state index in [0.717, 1.165) is 41.0 Å². The van der Waals surface area contributed by atoms with Crippen molar-refractivity contribution in [2.24, 2.45) is 0 Å². The van der Waals surface area contributed by atoms with Gasteiger partial charge in [0.2, 0.25) is 11.2 Å². The summed E-state index contributed by atoms with van der Waals surface area (Å²) in [6.07, 6.45) is 5.43. The van der Waals surface area contributed by atoms with Gasteiger partial charge in [-0.1, -0.05) is 0 Å². The fourth-order valence-corrected chi connectivity index (χ4v) is 4.97. The molecule has 0 bridgehead atoms. The van der Waals surface area contributed by atoms with Crippen molar-refractivity contribution in [3.63, 3.8) is 0 Å². The van der Waals surface area contributed by atoms with Crippen molar-refractivity contribution in [2.75, 3.05) is 30.2 Å². The second-order valence-electron chi connectivity index (χ2n) is 6.04. The highest BCUT2D eigenvalue weighted by Crippen LogP contribution is 2.34. The number of nitriles is 1. The van der Waals surface area contributed by atoms with Gasteiger partial charge in [0.1, 0.15) is 10.7 Å². The average molecular weight is 392 g/mol. The second-order valence-corrected chi connectivity index (χ2v) is 8.31. The Morgan fingerprint density at radius 2 is 2.23 bits per heavy atom. The summed E-state index contributed by atoms with van der Waals surface area (Å²) in [4.78, 5) is 13.7. The zero-order valence-corrected chi connectivity index (χ0v) is 16.2. The number of amides is 1. The van der Waals surface area contributed by atoms with E-state index < -0.39 is 0 Å². The summed E-state index contributed by atoms with van der Waals surface area (Å²) >= 11 is 2.69. The van der Waals surface area contributed by atoms with Crippen LogP contribution in [0.25, 0.3) is 0 Å². The van der Waals surface area contributed by atoms with Crippen LogP contribution in [0.4, 0.5) is 5.88 Å². The summed E-state index contributed by atoms with van der Waals surface area (Å²) in [5, 5.41) is 25.6. The highest BCUT2D eigenvalue weighted by molar-refractivity contribution is 8.01. The lowest BCUT2D eigenvalue weighted by Gasteiger charge is -2.19. The molecule has 0 atom stereocenters. The maximum absolute atomic E-state index is 12.2. The maximum atomic E-state index is 12.2. The number of nitrogens with one attached hydrogen (secondary N) is 2. The molecular weight excluding hydrogens is 372 g/mol. The molecule has 1 aliphatic carbocycles. The smallest absolute Gasteiger partial charge is 0.289 e. The lowest BCUT2D eigenvalue weighted by molar-refractivity contribution is -0.753. The summed E-state index contributed by atoms with van der Waals surface area (Å²) in [6, 6.07) is 2.17. The zero-order chi connectivity index (χ0) is 18.7. The fourth-order valence-electron chi connectivity index (χ4n) is 2.77. The van der Waals surface area contributed by atoms with Crippen molar-refractivity contribution in [3.8, 4) is 6.07 Å². The first-order chi connectivity index (χ1) is 12.5. The van der Waals surface area contributed by atoms with Gasteiger partial charge in [-0.05, 0) is 36.8 Å². The van der Waals surface area contributed by atoms with Crippen LogP contribution in [0.5, 0.6) is 0 Å². The van der Waals surface area contributed by atoms with E-state index in [0.29, 0.717) is 5.56 Å². The number of nitrogens with zero attached hydrogens (tertiary/aromatic N) is 4. The third-order valence-corrected chi connectivity index (χ3v) is 6.37. The number of rotatable bonds is 5. The third kappa shape index (κ3) is 3.89. The van der Waals surface area contributed by atoms with Gasteiger partial charge < -0.3 is 0 Å². The molecule has 1 aliphatic rings. The van der Waals surface area contributed by atoms with Gasteiger partial charge in [0.15, 0.2) is 0 Å². The largest absolute Gasteiger partial charge is 0.305 e. The number of thioether (sulfide) groups is 1. The van der Waals surface area contributed by atoms with Crippen molar-refractivity contribution < 1.29 is 14.1 Å². The van der Waals surface area contributed by atoms with Crippen LogP contribution in [0.3, 0.4) is 0 Å². The Hall–Kier alpha value is -2.38. The van der Waals surface area contributed by atoms with Gasteiger partial charge in [-0.2, -0.15) is 10.3 Å². The lowest BCUT2D eigenvalue weighted by Crippen LogP contribution is -2.53. The first-order valence-electron chi connectivity index (χ1n) is 8.12. The summed E-state index contributed by atoms with van der Waals surface area (Å²) in [5.41, 5.74) is 2.62. The van der Waals surface area contributed by atoms with Crippen LogP contribution in [0, 0.1) is 16.7 Å². The molecule has 0 unspecified atom stereocenters. The van der Waals surface area contributed by atoms with E-state index in [1.807, 2.05) is 0 Å². The van der Waals surface area contributed by atoms with Crippen LogP contribution < -0.4 is 19.8 Å². The Bertz CT molecular complexity index is 928. The SMILES string of the molecule is CN(C)[n+]1cc(NC(=O)CSc2sc(=N)c(C#N)c3c2CCCC3)on1. The molecule has 2 N–H and O–H groups in total. The molecule has 0 saturated carbocycles. The highest BCUT2D eigenvalue weighted by atomic mass is 32.2. The van der Waals surface area contributed by atoms with E-state index in [9.17, 15) is 10.1 Å². The number of anilines is 1. The molecule has 0 saturated heterocycles. The number of aromatic nitrogens is 2. The van der Waals surface area contributed by atoms with Gasteiger partial charge in [0.25, 0.3) is 6.20 Å². The molecule has 0 radical (unpaired) electrons. The lowest BCUT2D eigenvalue weighted by atomic mass is 9.91. The zero-order valence-electron chi connectivity index (χ0n) is 14.5. The van der Waals surface area contributed by atoms with E-state index in [1.165, 1.54) is 27.9 Å². The van der Waals surface area contributed by atoms with E-state index in [1.54, 1.807) is 25.3 Å². The second kappa shape index (κ2) is 7.88. The van der Waals surface area contributed by atoms with Gasteiger partial charge in [0.05, 0.1) is 34.4 Å². The van der Waals surface area contributed by atoms with Crippen molar-refractivity contribution in [3.05, 3.63) is 27.6 Å². The predicted molar refractivity (Wildman–Crippen MR) is 97.6 cm³/mol. The van der Waals surface area contributed by atoms with E-state index in [4.69, 9.17) is 9.93 Å². The van der Waals surface area contributed by atoms with Crippen LogP contribution in [0.1, 0.15) is 29.5 Å². The Balaban J connectivity index is 1.71. The number of fused-ring (bicyclic) bond motifs is 1. The molecule has 0 fully saturated rings. The molecule has 0 spiro atoms. The number of hydrogen-bond donors (Lipinski definition) is 2. The molecule has 10 heteroatoms. The van der Waals surface area contributed by atoms with Gasteiger partial charge in [-0.3, -0.25) is 20.0 Å². The number of carbonyl (C=O) groups is 1.